The summed E-state index contributed by atoms with van der Waals surface area (Å²) in [5.74, 6) is -8.57. The smallest absolute Gasteiger partial charge is 0.412 e. The molecule has 6 atom stereocenters. The number of hydrogen-bond acceptors (Lipinski definition) is 2. The maximum Gasteiger partial charge on any atom is 0.470 e. The number of carbonyl (C=O) groups excluding carboxylic acids is 1. The second-order valence-corrected chi connectivity index (χ2v) is 6.59. The molecule has 0 saturated heterocycles. The van der Waals surface area contributed by atoms with Gasteiger partial charge < -0.3 is 4.74 Å². The molecule has 4 fully saturated rings. The Morgan fingerprint density at radius 1 is 1.05 bits per heavy atom. The average Bonchev–Trinajstić information content (AvgIpc) is 2.63. The highest BCUT2D eigenvalue weighted by Gasteiger charge is 2.87. The molecular weight excluding hydrogens is 321 g/mol. The number of carbonyl (C=O) groups is 1. The molecular formula is C13H13F7O2. The Bertz CT molecular complexity index is 507. The summed E-state index contributed by atoms with van der Waals surface area (Å²) in [4.78, 5) is 12.0. The highest BCUT2D eigenvalue weighted by molar-refractivity contribution is 5.84. The molecule has 0 heterocycles. The first kappa shape index (κ1) is 15.9. The van der Waals surface area contributed by atoms with E-state index in [0.29, 0.717) is 6.42 Å². The van der Waals surface area contributed by atoms with Gasteiger partial charge in [-0.25, -0.2) is 0 Å². The van der Waals surface area contributed by atoms with Gasteiger partial charge in [0.25, 0.3) is 0 Å². The normalized spacial score (nSPS) is 43.4. The van der Waals surface area contributed by atoms with Crippen molar-refractivity contribution in [2.75, 3.05) is 0 Å². The minimum atomic E-state index is -6.38. The van der Waals surface area contributed by atoms with Crippen molar-refractivity contribution in [3.8, 4) is 0 Å². The van der Waals surface area contributed by atoms with Crippen molar-refractivity contribution in [3.63, 3.8) is 0 Å². The standard InChI is InChI=1S/C13H13F7O2/c1-4-6-3-7-8(4)10(7,5(6)2)9(21)22-11(14,12(15,16)17)13(18,19)20/h4-8H,3H2,1-2H3. The monoisotopic (exact) mass is 334 g/mol. The van der Waals surface area contributed by atoms with Crippen LogP contribution in [0.5, 0.6) is 0 Å². The van der Waals surface area contributed by atoms with Gasteiger partial charge >= 0.3 is 24.2 Å². The van der Waals surface area contributed by atoms with Gasteiger partial charge in [-0.15, -0.1) is 0 Å². The third-order valence-corrected chi connectivity index (χ3v) is 5.97. The zero-order valence-electron chi connectivity index (χ0n) is 11.6. The van der Waals surface area contributed by atoms with Crippen LogP contribution in [0.15, 0.2) is 0 Å². The summed E-state index contributed by atoms with van der Waals surface area (Å²) in [6.45, 7) is 3.42. The summed E-state index contributed by atoms with van der Waals surface area (Å²) in [6.07, 6.45) is -12.2. The molecule has 9 heteroatoms. The molecule has 0 aliphatic heterocycles. The number of esters is 1. The van der Waals surface area contributed by atoms with Gasteiger partial charge in [0.2, 0.25) is 0 Å². The van der Waals surface area contributed by atoms with Gasteiger partial charge in [0, 0.05) is 0 Å². The molecule has 0 radical (unpaired) electrons. The molecule has 0 aromatic rings. The van der Waals surface area contributed by atoms with Crippen LogP contribution in [0.4, 0.5) is 30.7 Å². The van der Waals surface area contributed by atoms with E-state index in [4.69, 9.17) is 0 Å². The molecule has 4 aliphatic carbocycles. The quantitative estimate of drug-likeness (QED) is 0.566. The maximum atomic E-state index is 13.6. The van der Waals surface area contributed by atoms with E-state index in [9.17, 15) is 35.5 Å². The van der Waals surface area contributed by atoms with Crippen LogP contribution in [-0.2, 0) is 9.53 Å². The van der Waals surface area contributed by atoms with E-state index in [1.165, 1.54) is 0 Å². The van der Waals surface area contributed by atoms with Crippen molar-refractivity contribution in [1.82, 2.24) is 0 Å². The number of ether oxygens (including phenoxy) is 1. The van der Waals surface area contributed by atoms with Gasteiger partial charge in [-0.2, -0.15) is 30.7 Å². The largest absolute Gasteiger partial charge is 0.470 e. The lowest BCUT2D eigenvalue weighted by Crippen LogP contribution is -2.57. The third kappa shape index (κ3) is 1.50. The number of hydrogen-bond donors (Lipinski definition) is 0. The van der Waals surface area contributed by atoms with Crippen molar-refractivity contribution in [3.05, 3.63) is 0 Å². The summed E-state index contributed by atoms with van der Waals surface area (Å²) < 4.78 is 92.0. The lowest BCUT2D eigenvalue weighted by molar-refractivity contribution is -0.418. The molecule has 4 saturated carbocycles. The third-order valence-electron chi connectivity index (χ3n) is 5.97. The molecule has 4 aliphatic rings. The van der Waals surface area contributed by atoms with Crippen molar-refractivity contribution in [1.29, 1.82) is 0 Å². The molecule has 4 rings (SSSR count). The summed E-state index contributed by atoms with van der Waals surface area (Å²) in [5, 5.41) is 0. The van der Waals surface area contributed by atoms with Crippen LogP contribution in [0.2, 0.25) is 0 Å². The van der Waals surface area contributed by atoms with E-state index in [1.54, 1.807) is 6.92 Å². The van der Waals surface area contributed by atoms with Gasteiger partial charge in [-0.1, -0.05) is 13.8 Å². The Balaban J connectivity index is 1.89. The number of rotatable bonds is 2. The average molecular weight is 334 g/mol. The molecule has 4 bridgehead atoms. The van der Waals surface area contributed by atoms with E-state index in [0.717, 1.165) is 0 Å². The van der Waals surface area contributed by atoms with E-state index in [-0.39, 0.29) is 23.7 Å². The van der Waals surface area contributed by atoms with Gasteiger partial charge in [0.15, 0.2) is 0 Å². The number of alkyl halides is 7. The Kier molecular flexibility index (Phi) is 2.81. The van der Waals surface area contributed by atoms with E-state index in [2.05, 4.69) is 4.74 Å². The van der Waals surface area contributed by atoms with Crippen LogP contribution < -0.4 is 0 Å². The van der Waals surface area contributed by atoms with Gasteiger partial charge in [-0.3, -0.25) is 4.79 Å². The van der Waals surface area contributed by atoms with E-state index < -0.39 is 35.5 Å². The van der Waals surface area contributed by atoms with Crippen molar-refractivity contribution >= 4 is 5.97 Å². The van der Waals surface area contributed by atoms with Gasteiger partial charge in [0.1, 0.15) is 0 Å². The second-order valence-electron chi connectivity index (χ2n) is 6.59. The molecule has 0 N–H and O–H groups in total. The first-order chi connectivity index (χ1) is 9.80. The van der Waals surface area contributed by atoms with Gasteiger partial charge in [-0.05, 0) is 36.0 Å². The highest BCUT2D eigenvalue weighted by Crippen LogP contribution is 2.84. The molecule has 2 nitrogen and oxygen atoms in total. The minimum absolute atomic E-state index is 0.0262. The van der Waals surface area contributed by atoms with Crippen LogP contribution in [0.3, 0.4) is 0 Å². The zero-order valence-corrected chi connectivity index (χ0v) is 11.6. The Morgan fingerprint density at radius 2 is 1.55 bits per heavy atom. The fraction of sp³-hybridized carbons (Fsp3) is 0.923. The van der Waals surface area contributed by atoms with Gasteiger partial charge in [0.05, 0.1) is 5.41 Å². The van der Waals surface area contributed by atoms with Crippen LogP contribution >= 0.6 is 0 Å². The molecule has 22 heavy (non-hydrogen) atoms. The molecule has 0 amide bonds. The van der Waals surface area contributed by atoms with Crippen LogP contribution in [0, 0.1) is 35.0 Å². The van der Waals surface area contributed by atoms with E-state index >= 15 is 0 Å². The summed E-state index contributed by atoms with van der Waals surface area (Å²) in [6, 6.07) is 0. The predicted octanol–water partition coefficient (Wildman–Crippen LogP) is 3.86. The number of halogens is 7. The maximum absolute atomic E-state index is 13.6. The van der Waals surface area contributed by atoms with Crippen LogP contribution in [0.1, 0.15) is 20.3 Å². The fourth-order valence-corrected chi connectivity index (χ4v) is 5.05. The topological polar surface area (TPSA) is 26.3 Å². The zero-order chi connectivity index (χ0) is 16.9. The highest BCUT2D eigenvalue weighted by atomic mass is 19.4. The second kappa shape index (κ2) is 3.90. The molecule has 0 aromatic heterocycles. The van der Waals surface area contributed by atoms with Crippen LogP contribution in [-0.4, -0.2) is 24.2 Å². The lowest BCUT2D eigenvalue weighted by Gasteiger charge is -2.31. The van der Waals surface area contributed by atoms with Crippen LogP contribution in [0.25, 0.3) is 0 Å². The summed E-state index contributed by atoms with van der Waals surface area (Å²) in [5.41, 5.74) is -1.38. The fourth-order valence-electron chi connectivity index (χ4n) is 5.05. The lowest BCUT2D eigenvalue weighted by atomic mass is 9.90. The first-order valence-electron chi connectivity index (χ1n) is 6.86. The SMILES string of the molecule is CC1C2CC3C1C3(C(=O)OC(F)(C(F)(F)F)C(F)(F)F)C2C. The first-order valence-corrected chi connectivity index (χ1v) is 6.86. The summed E-state index contributed by atoms with van der Waals surface area (Å²) >= 11 is 0. The Labute approximate surface area is 121 Å². The molecule has 126 valence electrons. The Hall–Kier alpha value is -1.02. The minimum Gasteiger partial charge on any atom is -0.412 e. The van der Waals surface area contributed by atoms with Crippen molar-refractivity contribution < 1.29 is 40.3 Å². The Morgan fingerprint density at radius 3 is 1.82 bits per heavy atom. The molecule has 6 unspecified atom stereocenters. The predicted molar refractivity (Wildman–Crippen MR) is 57.9 cm³/mol. The molecule has 0 spiro atoms. The van der Waals surface area contributed by atoms with Crippen molar-refractivity contribution in [2.24, 2.45) is 35.0 Å². The van der Waals surface area contributed by atoms with E-state index in [1.807, 2.05) is 6.92 Å². The van der Waals surface area contributed by atoms with Crippen molar-refractivity contribution in [2.45, 2.75) is 38.5 Å². The summed E-state index contributed by atoms with van der Waals surface area (Å²) in [7, 11) is 0. The molecule has 0 aromatic carbocycles.